The lowest BCUT2D eigenvalue weighted by atomic mass is 9.81. The van der Waals surface area contributed by atoms with E-state index in [9.17, 15) is 9.59 Å². The van der Waals surface area contributed by atoms with Crippen molar-refractivity contribution in [3.05, 3.63) is 0 Å². The molecule has 1 saturated carbocycles. The van der Waals surface area contributed by atoms with Gasteiger partial charge in [0.05, 0.1) is 0 Å². The van der Waals surface area contributed by atoms with Crippen LogP contribution in [0.3, 0.4) is 0 Å². The van der Waals surface area contributed by atoms with Gasteiger partial charge in [0.2, 0.25) is 0 Å². The minimum absolute atomic E-state index is 0.366. The third-order valence-corrected chi connectivity index (χ3v) is 4.06. The fourth-order valence-corrected chi connectivity index (χ4v) is 2.97. The molecule has 1 fully saturated rings. The number of urea groups is 1. The quantitative estimate of drug-likeness (QED) is 0.672. The second-order valence-corrected chi connectivity index (χ2v) is 6.01. The molecular weight excluding hydrogens is 256 g/mol. The molecule has 1 aliphatic carbocycles. The lowest BCUT2D eigenvalue weighted by molar-refractivity contribution is -0.139. The fourth-order valence-electron chi connectivity index (χ4n) is 2.97. The number of hydrogen-bond donors (Lipinski definition) is 3. The largest absolute Gasteiger partial charge is 0.480 e. The highest BCUT2D eigenvalue weighted by atomic mass is 16.4. The van der Waals surface area contributed by atoms with Gasteiger partial charge in [0.25, 0.3) is 0 Å². The van der Waals surface area contributed by atoms with Gasteiger partial charge in [-0.1, -0.05) is 39.5 Å². The molecule has 0 saturated heterocycles. The summed E-state index contributed by atoms with van der Waals surface area (Å²) in [6, 6.07) is -1.15. The van der Waals surface area contributed by atoms with Crippen molar-refractivity contribution in [3.8, 4) is 0 Å². The number of nitrogens with one attached hydrogen (secondary N) is 2. The molecule has 0 aromatic heterocycles. The minimum Gasteiger partial charge on any atom is -0.480 e. The molecule has 0 aromatic carbocycles. The van der Waals surface area contributed by atoms with E-state index >= 15 is 0 Å². The first kappa shape index (κ1) is 16.8. The summed E-state index contributed by atoms with van der Waals surface area (Å²) in [6.45, 7) is 4.82. The Morgan fingerprint density at radius 1 is 1.35 bits per heavy atom. The molecule has 2 unspecified atom stereocenters. The SMILES string of the molecule is CCC[C@@H](NC(=O)NCCC1CCCC(C)C1)C(=O)O. The van der Waals surface area contributed by atoms with Crippen LogP contribution in [-0.2, 0) is 4.79 Å². The number of carbonyl (C=O) groups excluding carboxylic acids is 1. The number of carbonyl (C=O) groups is 2. The molecule has 3 atom stereocenters. The van der Waals surface area contributed by atoms with Gasteiger partial charge in [-0.2, -0.15) is 0 Å². The lowest BCUT2D eigenvalue weighted by Gasteiger charge is -2.26. The van der Waals surface area contributed by atoms with Crippen molar-refractivity contribution in [1.29, 1.82) is 0 Å². The summed E-state index contributed by atoms with van der Waals surface area (Å²) in [5.41, 5.74) is 0. The van der Waals surface area contributed by atoms with Crippen molar-refractivity contribution in [2.75, 3.05) is 6.54 Å². The first-order valence-corrected chi connectivity index (χ1v) is 7.80. The van der Waals surface area contributed by atoms with E-state index in [1.807, 2.05) is 6.92 Å². The van der Waals surface area contributed by atoms with Crippen molar-refractivity contribution in [2.24, 2.45) is 11.8 Å². The maximum absolute atomic E-state index is 11.7. The van der Waals surface area contributed by atoms with Crippen LogP contribution in [0.15, 0.2) is 0 Å². The first-order chi connectivity index (χ1) is 9.52. The van der Waals surface area contributed by atoms with E-state index in [4.69, 9.17) is 5.11 Å². The standard InChI is InChI=1S/C15H28N2O3/c1-3-5-13(14(18)19)17-15(20)16-9-8-12-7-4-6-11(2)10-12/h11-13H,3-10H2,1-2H3,(H,18,19)(H2,16,17,20)/t11?,12?,13-/m1/s1. The van der Waals surface area contributed by atoms with E-state index in [0.717, 1.165) is 18.8 Å². The van der Waals surface area contributed by atoms with Crippen molar-refractivity contribution < 1.29 is 14.7 Å². The molecule has 5 heteroatoms. The van der Waals surface area contributed by atoms with E-state index in [1.165, 1.54) is 25.7 Å². The summed E-state index contributed by atoms with van der Waals surface area (Å²) in [7, 11) is 0. The maximum Gasteiger partial charge on any atom is 0.326 e. The Bertz CT molecular complexity index is 320. The van der Waals surface area contributed by atoms with Crippen molar-refractivity contribution in [1.82, 2.24) is 10.6 Å². The highest BCUT2D eigenvalue weighted by Crippen LogP contribution is 2.30. The van der Waals surface area contributed by atoms with E-state index < -0.39 is 12.0 Å². The van der Waals surface area contributed by atoms with Gasteiger partial charge in [-0.15, -0.1) is 0 Å². The van der Waals surface area contributed by atoms with Crippen LogP contribution in [0.4, 0.5) is 4.79 Å². The van der Waals surface area contributed by atoms with Crippen molar-refractivity contribution in [3.63, 3.8) is 0 Å². The van der Waals surface area contributed by atoms with Crippen LogP contribution < -0.4 is 10.6 Å². The number of carboxylic acid groups (broad SMARTS) is 1. The van der Waals surface area contributed by atoms with Crippen molar-refractivity contribution >= 4 is 12.0 Å². The number of amides is 2. The average Bonchev–Trinajstić information content (AvgIpc) is 2.38. The molecule has 1 aliphatic rings. The third kappa shape index (κ3) is 6.26. The predicted molar refractivity (Wildman–Crippen MR) is 78.6 cm³/mol. The molecule has 0 aliphatic heterocycles. The highest BCUT2D eigenvalue weighted by Gasteiger charge is 2.20. The Labute approximate surface area is 121 Å². The van der Waals surface area contributed by atoms with Crippen LogP contribution in [0.1, 0.15) is 58.8 Å². The van der Waals surface area contributed by atoms with Crippen LogP contribution in [0.2, 0.25) is 0 Å². The summed E-state index contributed by atoms with van der Waals surface area (Å²) in [5.74, 6) is 0.525. The molecule has 20 heavy (non-hydrogen) atoms. The summed E-state index contributed by atoms with van der Waals surface area (Å²) < 4.78 is 0. The van der Waals surface area contributed by atoms with Gasteiger partial charge in [-0.25, -0.2) is 9.59 Å². The summed E-state index contributed by atoms with van der Waals surface area (Å²) >= 11 is 0. The van der Waals surface area contributed by atoms with Crippen LogP contribution in [0, 0.1) is 11.8 Å². The Morgan fingerprint density at radius 2 is 2.10 bits per heavy atom. The van der Waals surface area contributed by atoms with E-state index in [-0.39, 0.29) is 6.03 Å². The molecule has 5 nitrogen and oxygen atoms in total. The van der Waals surface area contributed by atoms with Crippen LogP contribution >= 0.6 is 0 Å². The molecule has 0 bridgehead atoms. The zero-order valence-electron chi connectivity index (χ0n) is 12.7. The Hall–Kier alpha value is -1.26. The summed E-state index contributed by atoms with van der Waals surface area (Å²) in [5, 5.41) is 14.3. The van der Waals surface area contributed by atoms with Gasteiger partial charge in [-0.05, 0) is 31.1 Å². The van der Waals surface area contributed by atoms with Gasteiger partial charge in [-0.3, -0.25) is 0 Å². The lowest BCUT2D eigenvalue weighted by Crippen LogP contribution is -2.46. The monoisotopic (exact) mass is 284 g/mol. The van der Waals surface area contributed by atoms with E-state index in [1.54, 1.807) is 0 Å². The molecule has 3 N–H and O–H groups in total. The Kier molecular flexibility index (Phi) is 7.41. The van der Waals surface area contributed by atoms with Gasteiger partial charge >= 0.3 is 12.0 Å². The first-order valence-electron chi connectivity index (χ1n) is 7.80. The summed E-state index contributed by atoms with van der Waals surface area (Å²) in [4.78, 5) is 22.6. The van der Waals surface area contributed by atoms with Crippen LogP contribution in [0.25, 0.3) is 0 Å². The van der Waals surface area contributed by atoms with Gasteiger partial charge in [0.15, 0.2) is 0 Å². The fraction of sp³-hybridized carbons (Fsp3) is 0.867. The maximum atomic E-state index is 11.7. The van der Waals surface area contributed by atoms with E-state index in [0.29, 0.717) is 18.9 Å². The molecule has 0 spiro atoms. The Morgan fingerprint density at radius 3 is 2.70 bits per heavy atom. The molecule has 2 amide bonds. The van der Waals surface area contributed by atoms with Crippen LogP contribution in [-0.4, -0.2) is 29.7 Å². The zero-order valence-corrected chi connectivity index (χ0v) is 12.7. The zero-order chi connectivity index (χ0) is 15.0. The number of aliphatic carboxylic acids is 1. The molecule has 0 radical (unpaired) electrons. The highest BCUT2D eigenvalue weighted by molar-refractivity contribution is 5.82. The second-order valence-electron chi connectivity index (χ2n) is 6.01. The van der Waals surface area contributed by atoms with Gasteiger partial charge in [0, 0.05) is 6.54 Å². The molecule has 1 rings (SSSR count). The smallest absolute Gasteiger partial charge is 0.326 e. The van der Waals surface area contributed by atoms with Gasteiger partial charge < -0.3 is 15.7 Å². The van der Waals surface area contributed by atoms with Gasteiger partial charge in [0.1, 0.15) is 6.04 Å². The number of hydrogen-bond acceptors (Lipinski definition) is 2. The number of rotatable bonds is 7. The molecule has 0 aromatic rings. The topological polar surface area (TPSA) is 78.4 Å². The molecular formula is C15H28N2O3. The third-order valence-electron chi connectivity index (χ3n) is 4.06. The average molecular weight is 284 g/mol. The Balaban J connectivity index is 2.20. The predicted octanol–water partition coefficient (Wildman–Crippen LogP) is 2.76. The van der Waals surface area contributed by atoms with Crippen LogP contribution in [0.5, 0.6) is 0 Å². The minimum atomic E-state index is -0.969. The van der Waals surface area contributed by atoms with Crippen molar-refractivity contribution in [2.45, 2.75) is 64.8 Å². The normalized spacial score (nSPS) is 23.9. The second kappa shape index (κ2) is 8.82. The van der Waals surface area contributed by atoms with E-state index in [2.05, 4.69) is 17.6 Å². The summed E-state index contributed by atoms with van der Waals surface area (Å²) in [6.07, 6.45) is 7.29. The molecule has 0 heterocycles. The number of carboxylic acids is 1. The molecule has 116 valence electrons.